The molecule has 0 saturated heterocycles. The molecule has 4 N–H and O–H groups in total. The van der Waals surface area contributed by atoms with Crippen molar-refractivity contribution in [1.29, 1.82) is 0 Å². The average molecular weight is 373 g/mol. The van der Waals surface area contributed by atoms with Gasteiger partial charge in [-0.1, -0.05) is 6.07 Å². The van der Waals surface area contributed by atoms with Gasteiger partial charge in [-0.15, -0.1) is 0 Å². The maximum Gasteiger partial charge on any atom is 0.231 e. The normalized spacial score (nSPS) is 14.8. The molecule has 1 aliphatic carbocycles. The number of H-pyrrole nitrogens is 1. The summed E-state index contributed by atoms with van der Waals surface area (Å²) in [5, 5.41) is 6.53. The van der Waals surface area contributed by atoms with Gasteiger partial charge in [0.15, 0.2) is 11.5 Å². The van der Waals surface area contributed by atoms with Gasteiger partial charge in [0.25, 0.3) is 0 Å². The Kier molecular flexibility index (Phi) is 4.11. The molecule has 1 saturated carbocycles. The van der Waals surface area contributed by atoms with E-state index >= 15 is 0 Å². The van der Waals surface area contributed by atoms with Gasteiger partial charge in [0.1, 0.15) is 5.52 Å². The number of nitrogens with zero attached hydrogens (tertiary/aromatic N) is 3. The smallest absolute Gasteiger partial charge is 0.231 e. The van der Waals surface area contributed by atoms with E-state index < -0.39 is 10.0 Å². The highest BCUT2D eigenvalue weighted by Gasteiger charge is 2.20. The molecule has 0 bridgehead atoms. The van der Waals surface area contributed by atoms with Gasteiger partial charge in [-0.3, -0.25) is 4.72 Å². The first-order chi connectivity index (χ1) is 12.5. The fraction of sp³-hybridized carbons (Fsp3) is 0.312. The van der Waals surface area contributed by atoms with E-state index in [-0.39, 0.29) is 0 Å². The number of imidazole rings is 1. The monoisotopic (exact) mass is 373 g/mol. The molecular formula is C16H19N7O2S. The molecular weight excluding hydrogens is 354 g/mol. The fourth-order valence-electron chi connectivity index (χ4n) is 2.74. The Labute approximate surface area is 150 Å². The molecule has 0 amide bonds. The quantitative estimate of drug-likeness (QED) is 0.523. The van der Waals surface area contributed by atoms with Crippen LogP contribution in [-0.4, -0.2) is 40.7 Å². The van der Waals surface area contributed by atoms with E-state index in [0.717, 1.165) is 19.1 Å². The zero-order chi connectivity index (χ0) is 18.1. The number of nitrogens with one attached hydrogen (secondary N) is 4. The van der Waals surface area contributed by atoms with Crippen LogP contribution >= 0.6 is 0 Å². The third kappa shape index (κ3) is 3.69. The van der Waals surface area contributed by atoms with Crippen LogP contribution in [0.25, 0.3) is 11.2 Å². The lowest BCUT2D eigenvalue weighted by molar-refractivity contribution is 0.445. The molecule has 2 aromatic heterocycles. The average Bonchev–Trinajstić information content (AvgIpc) is 2.98. The molecule has 1 fully saturated rings. The number of aromatic amines is 1. The number of hydrogen-bond donors (Lipinski definition) is 4. The Balaban J connectivity index is 1.61. The SMILES string of the molecule is CS(=O)(=O)Nc1cccc(Nc2nc(NC3CCC3)c3nc[nH]c3n2)c1. The molecule has 3 aromatic rings. The Morgan fingerprint density at radius 3 is 2.73 bits per heavy atom. The van der Waals surface area contributed by atoms with Crippen molar-refractivity contribution in [3.05, 3.63) is 30.6 Å². The molecule has 0 aliphatic heterocycles. The standard InChI is InChI=1S/C16H19N7O2S/c1-26(24,25)23-12-7-3-6-11(8-12)20-16-21-14-13(17-9-18-14)15(22-16)19-10-4-2-5-10/h3,6-10,23H,2,4-5H2,1H3,(H3,17,18,19,20,21,22). The fourth-order valence-corrected chi connectivity index (χ4v) is 3.30. The van der Waals surface area contributed by atoms with Crippen molar-refractivity contribution < 1.29 is 8.42 Å². The highest BCUT2D eigenvalue weighted by Crippen LogP contribution is 2.27. The van der Waals surface area contributed by atoms with Crippen LogP contribution in [0.5, 0.6) is 0 Å². The topological polar surface area (TPSA) is 125 Å². The highest BCUT2D eigenvalue weighted by atomic mass is 32.2. The van der Waals surface area contributed by atoms with Crippen molar-refractivity contribution >= 4 is 44.3 Å². The molecule has 1 aromatic carbocycles. The first-order valence-electron chi connectivity index (χ1n) is 8.29. The van der Waals surface area contributed by atoms with Crippen molar-refractivity contribution in [3.63, 3.8) is 0 Å². The second-order valence-corrected chi connectivity index (χ2v) is 8.10. The number of fused-ring (bicyclic) bond motifs is 1. The molecule has 1 aliphatic rings. The third-order valence-electron chi connectivity index (χ3n) is 4.15. The molecule has 10 heteroatoms. The summed E-state index contributed by atoms with van der Waals surface area (Å²) >= 11 is 0. The maximum absolute atomic E-state index is 11.4. The van der Waals surface area contributed by atoms with Gasteiger partial charge < -0.3 is 15.6 Å². The molecule has 0 atom stereocenters. The van der Waals surface area contributed by atoms with Crippen LogP contribution in [0.4, 0.5) is 23.1 Å². The zero-order valence-corrected chi connectivity index (χ0v) is 15.0. The van der Waals surface area contributed by atoms with Gasteiger partial charge in [-0.05, 0) is 37.5 Å². The third-order valence-corrected chi connectivity index (χ3v) is 4.75. The lowest BCUT2D eigenvalue weighted by Crippen LogP contribution is -2.27. The molecule has 9 nitrogen and oxygen atoms in total. The van der Waals surface area contributed by atoms with Crippen LogP contribution in [-0.2, 0) is 10.0 Å². The van der Waals surface area contributed by atoms with E-state index in [1.807, 2.05) is 6.07 Å². The molecule has 0 spiro atoms. The first kappa shape index (κ1) is 16.6. The Morgan fingerprint density at radius 2 is 2.00 bits per heavy atom. The predicted molar refractivity (Wildman–Crippen MR) is 101 cm³/mol. The van der Waals surface area contributed by atoms with Crippen LogP contribution < -0.4 is 15.4 Å². The summed E-state index contributed by atoms with van der Waals surface area (Å²) in [5.74, 6) is 1.09. The van der Waals surface area contributed by atoms with Crippen molar-refractivity contribution in [2.45, 2.75) is 25.3 Å². The van der Waals surface area contributed by atoms with E-state index in [1.54, 1.807) is 24.5 Å². The minimum Gasteiger partial charge on any atom is -0.365 e. The van der Waals surface area contributed by atoms with Gasteiger partial charge in [0.05, 0.1) is 18.3 Å². The van der Waals surface area contributed by atoms with Crippen LogP contribution in [0.3, 0.4) is 0 Å². The van der Waals surface area contributed by atoms with Crippen molar-refractivity contribution in [3.8, 4) is 0 Å². The largest absolute Gasteiger partial charge is 0.365 e. The zero-order valence-electron chi connectivity index (χ0n) is 14.2. The number of aromatic nitrogens is 4. The van der Waals surface area contributed by atoms with E-state index in [9.17, 15) is 8.42 Å². The summed E-state index contributed by atoms with van der Waals surface area (Å²) in [6.07, 6.45) is 6.17. The van der Waals surface area contributed by atoms with Crippen LogP contribution in [0.2, 0.25) is 0 Å². The van der Waals surface area contributed by atoms with E-state index in [4.69, 9.17) is 0 Å². The molecule has 0 unspecified atom stereocenters. The van der Waals surface area contributed by atoms with Gasteiger partial charge in [0, 0.05) is 11.7 Å². The second kappa shape index (κ2) is 6.45. The molecule has 2 heterocycles. The number of benzene rings is 1. The van der Waals surface area contributed by atoms with E-state index in [1.165, 1.54) is 6.42 Å². The van der Waals surface area contributed by atoms with Crippen LogP contribution in [0.15, 0.2) is 30.6 Å². The molecule has 4 rings (SSSR count). The number of rotatable bonds is 6. The van der Waals surface area contributed by atoms with Crippen LogP contribution in [0.1, 0.15) is 19.3 Å². The summed E-state index contributed by atoms with van der Waals surface area (Å²) in [4.78, 5) is 16.3. The van der Waals surface area contributed by atoms with E-state index in [0.29, 0.717) is 40.3 Å². The van der Waals surface area contributed by atoms with Crippen LogP contribution in [0, 0.1) is 0 Å². The second-order valence-electron chi connectivity index (χ2n) is 6.35. The Morgan fingerprint density at radius 1 is 1.19 bits per heavy atom. The summed E-state index contributed by atoms with van der Waals surface area (Å²) in [5.41, 5.74) is 2.48. The van der Waals surface area contributed by atoms with Crippen molar-refractivity contribution in [1.82, 2.24) is 19.9 Å². The molecule has 26 heavy (non-hydrogen) atoms. The number of anilines is 4. The minimum atomic E-state index is -3.34. The number of sulfonamides is 1. The van der Waals surface area contributed by atoms with E-state index in [2.05, 4.69) is 35.3 Å². The number of hydrogen-bond acceptors (Lipinski definition) is 7. The van der Waals surface area contributed by atoms with Gasteiger partial charge in [-0.25, -0.2) is 13.4 Å². The molecule has 0 radical (unpaired) electrons. The van der Waals surface area contributed by atoms with Crippen molar-refractivity contribution in [2.24, 2.45) is 0 Å². The first-order valence-corrected chi connectivity index (χ1v) is 10.2. The Bertz CT molecular complexity index is 1040. The van der Waals surface area contributed by atoms with Gasteiger partial charge in [-0.2, -0.15) is 9.97 Å². The van der Waals surface area contributed by atoms with Crippen molar-refractivity contribution in [2.75, 3.05) is 21.6 Å². The summed E-state index contributed by atoms with van der Waals surface area (Å²) in [7, 11) is -3.34. The van der Waals surface area contributed by atoms with Gasteiger partial charge in [0.2, 0.25) is 16.0 Å². The summed E-state index contributed by atoms with van der Waals surface area (Å²) in [6.45, 7) is 0. The summed E-state index contributed by atoms with van der Waals surface area (Å²) < 4.78 is 25.2. The predicted octanol–water partition coefficient (Wildman–Crippen LogP) is 2.43. The lowest BCUT2D eigenvalue weighted by Gasteiger charge is -2.27. The highest BCUT2D eigenvalue weighted by molar-refractivity contribution is 7.92. The van der Waals surface area contributed by atoms with Gasteiger partial charge >= 0.3 is 0 Å². The summed E-state index contributed by atoms with van der Waals surface area (Å²) in [6, 6.07) is 7.33. The molecule has 136 valence electrons. The maximum atomic E-state index is 11.4. The lowest BCUT2D eigenvalue weighted by atomic mass is 9.93. The Hall–Kier alpha value is -2.88. The minimum absolute atomic E-state index is 0.403.